The zero-order valence-corrected chi connectivity index (χ0v) is 22.3. The second kappa shape index (κ2) is 9.84. The summed E-state index contributed by atoms with van der Waals surface area (Å²) in [5, 5.41) is 25.1. The van der Waals surface area contributed by atoms with Crippen LogP contribution in [-0.4, -0.2) is 88.4 Å². The molecule has 8 atom stereocenters. The largest absolute Gasteiger partial charge is 0.505 e. The van der Waals surface area contributed by atoms with E-state index < -0.39 is 76.0 Å². The van der Waals surface area contributed by atoms with Gasteiger partial charge in [-0.3, -0.25) is 38.5 Å². The zero-order valence-electron chi connectivity index (χ0n) is 22.3. The molecule has 13 nitrogen and oxygen atoms in total. The summed E-state index contributed by atoms with van der Waals surface area (Å²) in [5.41, 5.74) is 5.27. The molecule has 2 amide bonds. The minimum Gasteiger partial charge on any atom is -0.505 e. The number of amides is 2. The lowest BCUT2D eigenvalue weighted by molar-refractivity contribution is -0.181. The first-order chi connectivity index (χ1) is 18.8. The van der Waals surface area contributed by atoms with Gasteiger partial charge in [0.25, 0.3) is 0 Å². The monoisotopic (exact) mass is 556 g/mol. The van der Waals surface area contributed by atoms with Crippen LogP contribution in [0, 0.1) is 29.6 Å². The van der Waals surface area contributed by atoms with E-state index in [4.69, 9.17) is 10.6 Å². The van der Waals surface area contributed by atoms with E-state index in [9.17, 15) is 39.0 Å². The molecule has 3 saturated carbocycles. The molecule has 1 aromatic rings. The maximum absolute atomic E-state index is 13.8. The molecule has 0 radical (unpaired) electrons. The fourth-order valence-corrected chi connectivity index (χ4v) is 6.54. The number of hydrogen-bond acceptors (Lipinski definition) is 11. The molecule has 0 saturated heterocycles. The Morgan fingerprint density at radius 1 is 1.15 bits per heavy atom. The summed E-state index contributed by atoms with van der Waals surface area (Å²) in [6, 6.07) is 1.84. The number of rotatable bonds is 7. The number of anilines is 1. The van der Waals surface area contributed by atoms with Gasteiger partial charge < -0.3 is 21.3 Å². The third kappa shape index (κ3) is 4.24. The van der Waals surface area contributed by atoms with Gasteiger partial charge in [0.05, 0.1) is 29.3 Å². The quantitative estimate of drug-likeness (QED) is 0.152. The van der Waals surface area contributed by atoms with Crippen molar-refractivity contribution >= 4 is 40.6 Å². The number of nitrogens with one attached hydrogen (secondary N) is 2. The maximum atomic E-state index is 13.8. The van der Waals surface area contributed by atoms with Gasteiger partial charge in [0.1, 0.15) is 12.3 Å². The van der Waals surface area contributed by atoms with Crippen molar-refractivity contribution in [1.29, 1.82) is 0 Å². The van der Waals surface area contributed by atoms with Gasteiger partial charge in [-0.05, 0) is 56.8 Å². The van der Waals surface area contributed by atoms with Crippen LogP contribution in [0.4, 0.5) is 5.69 Å². The molecule has 0 spiro atoms. The number of aliphatic hydroxyl groups is 1. The summed E-state index contributed by atoms with van der Waals surface area (Å²) >= 11 is 0. The molecular formula is C27H32N4O9. The van der Waals surface area contributed by atoms with Crippen molar-refractivity contribution in [3.63, 3.8) is 0 Å². The smallest absolute Gasteiger partial charge is 0.240 e. The molecule has 1 aromatic carbocycles. The standard InChI is InChI=1S/C27H32N4O9/c1-10-6-15(10)40-29-9-16(32)30-14-5-4-11-7-12-8-13-20(31(2)3)23(35)19(26(28)38)25(37)27(13,39)24(36)18(12)22(34)17(11)21(14)33/h4-5,10,12-13,15,18-20,29,33,39H,6-9H2,1-3H3,(H2,28,38)(H,30,32)/t10?,12?,13?,15?,18?,19?,20-,27-/m0/s1. The number of likely N-dealkylation sites (N-methyl/N-ethyl adjacent to an activating group) is 1. The Morgan fingerprint density at radius 2 is 1.82 bits per heavy atom. The molecule has 214 valence electrons. The van der Waals surface area contributed by atoms with Gasteiger partial charge in [-0.25, -0.2) is 0 Å². The van der Waals surface area contributed by atoms with Gasteiger partial charge >= 0.3 is 0 Å². The van der Waals surface area contributed by atoms with Crippen LogP contribution >= 0.6 is 0 Å². The molecule has 40 heavy (non-hydrogen) atoms. The van der Waals surface area contributed by atoms with E-state index in [1.807, 2.05) is 6.92 Å². The number of nitrogens with zero attached hydrogens (tertiary/aromatic N) is 1. The maximum Gasteiger partial charge on any atom is 0.240 e. The molecule has 3 fully saturated rings. The number of hydrogen-bond donors (Lipinski definition) is 5. The second-order valence-electron chi connectivity index (χ2n) is 11.5. The molecular weight excluding hydrogens is 524 g/mol. The Morgan fingerprint density at radius 3 is 2.42 bits per heavy atom. The first kappa shape index (κ1) is 28.0. The summed E-state index contributed by atoms with van der Waals surface area (Å²) in [7, 11) is 3.05. The summed E-state index contributed by atoms with van der Waals surface area (Å²) in [5.74, 6) is -11.4. The van der Waals surface area contributed by atoms with Crippen LogP contribution in [0.3, 0.4) is 0 Å². The Labute approximate surface area is 229 Å². The normalized spacial score (nSPS) is 34.7. The number of benzene rings is 1. The molecule has 4 aliphatic carbocycles. The summed E-state index contributed by atoms with van der Waals surface area (Å²) in [4.78, 5) is 85.1. The molecule has 6 N–H and O–H groups in total. The van der Waals surface area contributed by atoms with E-state index in [2.05, 4.69) is 10.8 Å². The summed E-state index contributed by atoms with van der Waals surface area (Å²) in [6.07, 6.45) is 1.04. The van der Waals surface area contributed by atoms with Gasteiger partial charge in [0.2, 0.25) is 11.8 Å². The third-order valence-electron chi connectivity index (χ3n) is 8.71. The first-order valence-corrected chi connectivity index (χ1v) is 13.2. The van der Waals surface area contributed by atoms with Gasteiger partial charge in [0.15, 0.2) is 34.7 Å². The summed E-state index contributed by atoms with van der Waals surface area (Å²) < 4.78 is 0. The van der Waals surface area contributed by atoms with Gasteiger partial charge in [-0.2, -0.15) is 5.48 Å². The number of Topliss-reactive ketones (excluding diaryl/α,β-unsaturated/α-hetero) is 4. The van der Waals surface area contributed by atoms with Crippen LogP contribution in [0.1, 0.15) is 35.7 Å². The Kier molecular flexibility index (Phi) is 6.89. The van der Waals surface area contributed by atoms with Crippen LogP contribution < -0.4 is 16.5 Å². The number of primary amides is 1. The van der Waals surface area contributed by atoms with Crippen LogP contribution in [0.5, 0.6) is 5.75 Å². The van der Waals surface area contributed by atoms with Crippen LogP contribution in [0.2, 0.25) is 0 Å². The van der Waals surface area contributed by atoms with E-state index in [0.29, 0.717) is 11.5 Å². The number of nitrogens with two attached hydrogens (primary N) is 1. The second-order valence-corrected chi connectivity index (χ2v) is 11.5. The Balaban J connectivity index is 1.44. The minimum absolute atomic E-state index is 0.0333. The van der Waals surface area contributed by atoms with E-state index in [1.54, 1.807) is 6.07 Å². The molecule has 5 rings (SSSR count). The number of carbonyl (C=O) groups is 6. The van der Waals surface area contributed by atoms with E-state index >= 15 is 0 Å². The van der Waals surface area contributed by atoms with Crippen LogP contribution in [-0.2, 0) is 35.2 Å². The topological polar surface area (TPSA) is 205 Å². The number of phenols is 1. The highest BCUT2D eigenvalue weighted by Gasteiger charge is 2.69. The number of aromatic hydroxyl groups is 1. The van der Waals surface area contributed by atoms with E-state index in [0.717, 1.165) is 6.42 Å². The fourth-order valence-electron chi connectivity index (χ4n) is 6.54. The van der Waals surface area contributed by atoms with Crippen molar-refractivity contribution in [3.8, 4) is 5.75 Å². The molecule has 0 bridgehead atoms. The predicted molar refractivity (Wildman–Crippen MR) is 137 cm³/mol. The zero-order chi connectivity index (χ0) is 29.3. The highest BCUT2D eigenvalue weighted by molar-refractivity contribution is 6.32. The van der Waals surface area contributed by atoms with E-state index in [-0.39, 0.29) is 36.7 Å². The first-order valence-electron chi connectivity index (χ1n) is 13.2. The number of hydroxylamine groups is 1. The lowest BCUT2D eigenvalue weighted by atomic mass is 9.52. The number of ketones is 4. The van der Waals surface area contributed by atoms with Gasteiger partial charge in [0, 0.05) is 5.92 Å². The molecule has 0 aromatic heterocycles. The highest BCUT2D eigenvalue weighted by Crippen LogP contribution is 2.51. The fraction of sp³-hybridized carbons (Fsp3) is 0.556. The van der Waals surface area contributed by atoms with Crippen LogP contribution in [0.15, 0.2) is 12.1 Å². The lowest BCUT2D eigenvalue weighted by Gasteiger charge is -2.52. The molecule has 0 aliphatic heterocycles. The Bertz CT molecular complexity index is 1340. The lowest BCUT2D eigenvalue weighted by Crippen LogP contribution is -2.74. The molecule has 13 heteroatoms. The third-order valence-corrected chi connectivity index (χ3v) is 8.71. The van der Waals surface area contributed by atoms with Crippen LogP contribution in [0.25, 0.3) is 0 Å². The highest BCUT2D eigenvalue weighted by atomic mass is 16.7. The van der Waals surface area contributed by atoms with Crippen molar-refractivity contribution in [1.82, 2.24) is 10.4 Å². The number of fused-ring (bicyclic) bond motifs is 3. The average molecular weight is 557 g/mol. The minimum atomic E-state index is -2.79. The molecule has 4 aliphatic rings. The predicted octanol–water partition coefficient (Wildman–Crippen LogP) is -1.26. The molecule has 6 unspecified atom stereocenters. The van der Waals surface area contributed by atoms with Gasteiger partial charge in [-0.1, -0.05) is 13.0 Å². The van der Waals surface area contributed by atoms with Crippen molar-refractivity contribution in [3.05, 3.63) is 23.3 Å². The number of phenolic OH excluding ortho intramolecular Hbond substituents is 1. The molecule has 0 heterocycles. The average Bonchev–Trinajstić information content (AvgIpc) is 3.57. The van der Waals surface area contributed by atoms with Crippen molar-refractivity contribution in [2.45, 2.75) is 43.9 Å². The summed E-state index contributed by atoms with van der Waals surface area (Å²) in [6.45, 7) is 1.80. The SMILES string of the molecule is CC1CC1ONCC(=O)Nc1ccc2c(c1O)C(=O)C1C(=O)[C@]3(O)C(=O)C(C(N)=O)C(=O)[C@@H](N(C)C)C3CC1C2. The Hall–Kier alpha value is -3.52. The number of carbonyl (C=O) groups excluding carboxylic acids is 6. The van der Waals surface area contributed by atoms with Crippen molar-refractivity contribution in [2.75, 3.05) is 26.0 Å². The van der Waals surface area contributed by atoms with Crippen molar-refractivity contribution in [2.24, 2.45) is 35.3 Å². The van der Waals surface area contributed by atoms with E-state index in [1.165, 1.54) is 25.1 Å². The van der Waals surface area contributed by atoms with Gasteiger partial charge in [-0.15, -0.1) is 0 Å². The van der Waals surface area contributed by atoms with Crippen molar-refractivity contribution < 1.29 is 43.8 Å².